The van der Waals surface area contributed by atoms with Crippen LogP contribution in [0.4, 0.5) is 0 Å². The Hall–Kier alpha value is -1.32. The number of hydrogen-bond donors (Lipinski definition) is 0. The van der Waals surface area contributed by atoms with Crippen molar-refractivity contribution in [1.82, 2.24) is 14.7 Å². The van der Waals surface area contributed by atoms with Crippen LogP contribution in [0, 0.1) is 6.92 Å². The van der Waals surface area contributed by atoms with Gasteiger partial charge in [0.1, 0.15) is 0 Å². The molecule has 0 aliphatic carbocycles. The molecule has 0 bridgehead atoms. The number of amides is 1. The Morgan fingerprint density at radius 2 is 2.21 bits per heavy atom. The van der Waals surface area contributed by atoms with Crippen LogP contribution in [0.5, 0.6) is 0 Å². The van der Waals surface area contributed by atoms with Gasteiger partial charge in [0.25, 0.3) is 5.91 Å². The highest BCUT2D eigenvalue weighted by molar-refractivity contribution is 5.97. The van der Waals surface area contributed by atoms with Crippen molar-refractivity contribution in [2.75, 3.05) is 13.1 Å². The van der Waals surface area contributed by atoms with E-state index in [0.29, 0.717) is 0 Å². The zero-order valence-corrected chi connectivity index (χ0v) is 8.87. The van der Waals surface area contributed by atoms with Crippen molar-refractivity contribution in [3.8, 4) is 0 Å². The second kappa shape index (κ2) is 3.12. The molecule has 4 heteroatoms. The Morgan fingerprint density at radius 1 is 1.50 bits per heavy atom. The lowest BCUT2D eigenvalue weighted by Gasteiger charge is -2.24. The van der Waals surface area contributed by atoms with Crippen LogP contribution < -0.4 is 0 Å². The molecule has 4 nitrogen and oxygen atoms in total. The van der Waals surface area contributed by atoms with Crippen molar-refractivity contribution in [3.63, 3.8) is 0 Å². The molecule has 0 N–H and O–H groups in total. The van der Waals surface area contributed by atoms with Crippen molar-refractivity contribution in [1.29, 1.82) is 0 Å². The van der Waals surface area contributed by atoms with Gasteiger partial charge in [-0.25, -0.2) is 0 Å². The Balaban J connectivity index is 2.48. The first-order chi connectivity index (χ1) is 6.65. The van der Waals surface area contributed by atoms with Gasteiger partial charge in [0.15, 0.2) is 0 Å². The van der Waals surface area contributed by atoms with E-state index in [9.17, 15) is 4.79 Å². The molecule has 1 aromatic heterocycles. The summed E-state index contributed by atoms with van der Waals surface area (Å²) in [5.41, 5.74) is 2.75. The second-order valence-corrected chi connectivity index (χ2v) is 3.67. The van der Waals surface area contributed by atoms with Crippen molar-refractivity contribution < 1.29 is 4.79 Å². The van der Waals surface area contributed by atoms with Crippen LogP contribution in [-0.2, 0) is 13.5 Å². The third kappa shape index (κ3) is 1.14. The molecule has 2 rings (SSSR count). The van der Waals surface area contributed by atoms with E-state index in [1.807, 2.05) is 25.8 Å². The molecule has 0 radical (unpaired) electrons. The van der Waals surface area contributed by atoms with E-state index in [-0.39, 0.29) is 5.91 Å². The number of likely N-dealkylation sites (N-methyl/N-ethyl adjacent to an activating group) is 1. The molecule has 1 aliphatic heterocycles. The van der Waals surface area contributed by atoms with Gasteiger partial charge < -0.3 is 4.90 Å². The summed E-state index contributed by atoms with van der Waals surface area (Å²) in [5.74, 6) is 0.138. The number of carbonyl (C=O) groups is 1. The quantitative estimate of drug-likeness (QED) is 0.660. The molecule has 1 amide bonds. The minimum Gasteiger partial charge on any atom is -0.338 e. The summed E-state index contributed by atoms with van der Waals surface area (Å²) >= 11 is 0. The minimum absolute atomic E-state index is 0.138. The fraction of sp³-hybridized carbons (Fsp3) is 0.600. The first-order valence-electron chi connectivity index (χ1n) is 4.97. The molecule has 0 atom stereocenters. The minimum atomic E-state index is 0.138. The van der Waals surface area contributed by atoms with E-state index in [0.717, 1.165) is 36.5 Å². The van der Waals surface area contributed by atoms with Crippen LogP contribution in [0.15, 0.2) is 0 Å². The molecule has 14 heavy (non-hydrogen) atoms. The lowest BCUT2D eigenvalue weighted by Crippen LogP contribution is -2.37. The van der Waals surface area contributed by atoms with Gasteiger partial charge in [-0.3, -0.25) is 9.48 Å². The molecule has 0 fully saturated rings. The van der Waals surface area contributed by atoms with E-state index in [2.05, 4.69) is 5.10 Å². The number of nitrogens with zero attached hydrogens (tertiary/aromatic N) is 3. The average Bonchev–Trinajstić information content (AvgIpc) is 2.44. The zero-order valence-electron chi connectivity index (χ0n) is 8.87. The number of aryl methyl sites for hydroxylation is 1. The van der Waals surface area contributed by atoms with Crippen LogP contribution in [0.3, 0.4) is 0 Å². The normalized spacial score (nSPS) is 15.9. The van der Waals surface area contributed by atoms with Gasteiger partial charge in [0.05, 0.1) is 11.3 Å². The van der Waals surface area contributed by atoms with Crippen LogP contribution in [-0.4, -0.2) is 33.7 Å². The molecule has 76 valence electrons. The van der Waals surface area contributed by atoms with Gasteiger partial charge in [-0.2, -0.15) is 5.10 Å². The number of fused-ring (bicyclic) bond motifs is 1. The number of rotatable bonds is 1. The zero-order chi connectivity index (χ0) is 10.3. The van der Waals surface area contributed by atoms with Gasteiger partial charge in [-0.05, 0) is 13.8 Å². The maximum absolute atomic E-state index is 12.0. The van der Waals surface area contributed by atoms with Gasteiger partial charge in [0, 0.05) is 32.3 Å². The second-order valence-electron chi connectivity index (χ2n) is 3.67. The standard InChI is InChI=1S/C10H15N3O/c1-4-13-6-5-8-9(10(13)14)7(2)12(3)11-8/h4-6H2,1-3H3. The smallest absolute Gasteiger partial charge is 0.257 e. The van der Waals surface area contributed by atoms with E-state index in [4.69, 9.17) is 0 Å². The maximum atomic E-state index is 12.0. The van der Waals surface area contributed by atoms with E-state index in [1.54, 1.807) is 4.68 Å². The SMILES string of the molecule is CCN1CCc2nn(C)c(C)c2C1=O. The summed E-state index contributed by atoms with van der Waals surface area (Å²) in [5, 5.41) is 4.34. The van der Waals surface area contributed by atoms with E-state index >= 15 is 0 Å². The largest absolute Gasteiger partial charge is 0.338 e. The summed E-state index contributed by atoms with van der Waals surface area (Å²) < 4.78 is 1.79. The average molecular weight is 193 g/mol. The highest BCUT2D eigenvalue weighted by Crippen LogP contribution is 2.20. The van der Waals surface area contributed by atoms with Gasteiger partial charge in [0.2, 0.25) is 0 Å². The monoisotopic (exact) mass is 193 g/mol. The lowest BCUT2D eigenvalue weighted by molar-refractivity contribution is 0.0748. The molecule has 0 saturated heterocycles. The highest BCUT2D eigenvalue weighted by atomic mass is 16.2. The molecular formula is C10H15N3O. The van der Waals surface area contributed by atoms with E-state index < -0.39 is 0 Å². The van der Waals surface area contributed by atoms with Crippen molar-refractivity contribution in [2.45, 2.75) is 20.3 Å². The van der Waals surface area contributed by atoms with Gasteiger partial charge >= 0.3 is 0 Å². The Kier molecular flexibility index (Phi) is 2.06. The van der Waals surface area contributed by atoms with E-state index in [1.165, 1.54) is 0 Å². The van der Waals surface area contributed by atoms with Crippen LogP contribution in [0.2, 0.25) is 0 Å². The first kappa shape index (κ1) is 9.24. The van der Waals surface area contributed by atoms with Crippen LogP contribution in [0.1, 0.15) is 28.7 Å². The summed E-state index contributed by atoms with van der Waals surface area (Å²) in [6, 6.07) is 0. The number of carbonyl (C=O) groups excluding carboxylic acids is 1. The molecule has 0 saturated carbocycles. The maximum Gasteiger partial charge on any atom is 0.257 e. The molecule has 0 spiro atoms. The summed E-state index contributed by atoms with van der Waals surface area (Å²) in [6.07, 6.45) is 0.886. The Morgan fingerprint density at radius 3 is 2.86 bits per heavy atom. The summed E-state index contributed by atoms with van der Waals surface area (Å²) in [6.45, 7) is 5.54. The Bertz CT molecular complexity index is 381. The molecule has 0 aromatic carbocycles. The third-order valence-corrected chi connectivity index (χ3v) is 2.91. The number of aromatic nitrogens is 2. The predicted octanol–water partition coefficient (Wildman–Crippen LogP) is 0.747. The van der Waals surface area contributed by atoms with Crippen LogP contribution >= 0.6 is 0 Å². The van der Waals surface area contributed by atoms with Crippen molar-refractivity contribution >= 4 is 5.91 Å². The van der Waals surface area contributed by atoms with Crippen LogP contribution in [0.25, 0.3) is 0 Å². The predicted molar refractivity (Wildman–Crippen MR) is 53.2 cm³/mol. The Labute approximate surface area is 83.5 Å². The van der Waals surface area contributed by atoms with Crippen molar-refractivity contribution in [2.24, 2.45) is 7.05 Å². The molecule has 1 aromatic rings. The lowest BCUT2D eigenvalue weighted by atomic mass is 10.1. The van der Waals surface area contributed by atoms with Crippen molar-refractivity contribution in [3.05, 3.63) is 17.0 Å². The number of hydrogen-bond acceptors (Lipinski definition) is 2. The molecule has 1 aliphatic rings. The highest BCUT2D eigenvalue weighted by Gasteiger charge is 2.28. The molecule has 2 heterocycles. The third-order valence-electron chi connectivity index (χ3n) is 2.91. The summed E-state index contributed by atoms with van der Waals surface area (Å²) in [4.78, 5) is 13.8. The first-order valence-corrected chi connectivity index (χ1v) is 4.97. The fourth-order valence-corrected chi connectivity index (χ4v) is 1.93. The fourth-order valence-electron chi connectivity index (χ4n) is 1.93. The molecular weight excluding hydrogens is 178 g/mol. The van der Waals surface area contributed by atoms with Gasteiger partial charge in [-0.1, -0.05) is 0 Å². The van der Waals surface area contributed by atoms with Gasteiger partial charge in [-0.15, -0.1) is 0 Å². The molecule has 0 unspecified atom stereocenters. The topological polar surface area (TPSA) is 38.1 Å². The summed E-state index contributed by atoms with van der Waals surface area (Å²) in [7, 11) is 1.89.